The number of carbonyl (C=O) groups excluding carboxylic acids is 2. The van der Waals surface area contributed by atoms with Crippen molar-refractivity contribution >= 4 is 17.6 Å². The van der Waals surface area contributed by atoms with Crippen LogP contribution in [0.4, 0.5) is 5.69 Å². The van der Waals surface area contributed by atoms with Crippen LogP contribution in [-0.4, -0.2) is 28.6 Å². The molecule has 0 aliphatic carbocycles. The smallest absolute Gasteiger partial charge is 0.338 e. The van der Waals surface area contributed by atoms with E-state index in [0.717, 1.165) is 6.42 Å². The van der Waals surface area contributed by atoms with Crippen LogP contribution in [0.2, 0.25) is 0 Å². The van der Waals surface area contributed by atoms with Gasteiger partial charge in [-0.1, -0.05) is 45.0 Å². The Morgan fingerprint density at radius 3 is 2.48 bits per heavy atom. The number of aromatic nitrogens is 2. The van der Waals surface area contributed by atoms with Gasteiger partial charge in [0.25, 0.3) is 5.91 Å². The lowest BCUT2D eigenvalue weighted by Crippen LogP contribution is -2.12. The number of anilines is 1. The number of esters is 1. The van der Waals surface area contributed by atoms with Crippen molar-refractivity contribution in [3.63, 3.8) is 0 Å². The Balaban J connectivity index is 1.68. The molecule has 0 saturated heterocycles. The molecular formula is C24H27N3O4. The van der Waals surface area contributed by atoms with Crippen LogP contribution in [0.3, 0.4) is 0 Å². The van der Waals surface area contributed by atoms with Gasteiger partial charge in [-0.25, -0.2) is 4.79 Å². The molecule has 3 aromatic rings. The van der Waals surface area contributed by atoms with Crippen molar-refractivity contribution in [3.8, 4) is 11.4 Å². The molecule has 3 rings (SSSR count). The van der Waals surface area contributed by atoms with Gasteiger partial charge in [-0.3, -0.25) is 4.79 Å². The Labute approximate surface area is 181 Å². The topological polar surface area (TPSA) is 94.3 Å². The van der Waals surface area contributed by atoms with Gasteiger partial charge < -0.3 is 14.6 Å². The Morgan fingerprint density at radius 2 is 1.81 bits per heavy atom. The quantitative estimate of drug-likeness (QED) is 0.531. The van der Waals surface area contributed by atoms with E-state index in [1.54, 1.807) is 42.5 Å². The van der Waals surface area contributed by atoms with E-state index in [1.807, 2.05) is 13.0 Å². The standard InChI is InChI=1S/C24H27N3O4/c1-5-13-30-23(29)16-9-11-19(12-10-16)25-22(28)18-8-6-7-17(14-18)21-26-20(31-27-21)15-24(2,3)4/h6-12,14H,5,13,15H2,1-4H3,(H,25,28). The zero-order chi connectivity index (χ0) is 22.4. The molecule has 1 N–H and O–H groups in total. The third-order valence-electron chi connectivity index (χ3n) is 4.35. The molecule has 0 spiro atoms. The summed E-state index contributed by atoms with van der Waals surface area (Å²) < 4.78 is 10.5. The van der Waals surface area contributed by atoms with E-state index < -0.39 is 0 Å². The van der Waals surface area contributed by atoms with E-state index in [9.17, 15) is 9.59 Å². The van der Waals surface area contributed by atoms with E-state index >= 15 is 0 Å². The molecule has 2 aromatic carbocycles. The Kier molecular flexibility index (Phi) is 6.84. The lowest BCUT2D eigenvalue weighted by Gasteiger charge is -2.13. The molecule has 162 valence electrons. The van der Waals surface area contributed by atoms with Crippen LogP contribution < -0.4 is 5.32 Å². The zero-order valence-electron chi connectivity index (χ0n) is 18.3. The second kappa shape index (κ2) is 9.55. The number of ether oxygens (including phenoxy) is 1. The van der Waals surface area contributed by atoms with Gasteiger partial charge in [-0.05, 0) is 48.2 Å². The Bertz CT molecular complexity index is 1050. The highest BCUT2D eigenvalue weighted by Crippen LogP contribution is 2.23. The largest absolute Gasteiger partial charge is 0.462 e. The number of amides is 1. The fourth-order valence-corrected chi connectivity index (χ4v) is 2.87. The first-order valence-corrected chi connectivity index (χ1v) is 10.3. The van der Waals surface area contributed by atoms with Crippen molar-refractivity contribution in [1.29, 1.82) is 0 Å². The van der Waals surface area contributed by atoms with E-state index in [-0.39, 0.29) is 17.3 Å². The van der Waals surface area contributed by atoms with Gasteiger partial charge in [0.1, 0.15) is 0 Å². The van der Waals surface area contributed by atoms with Crippen LogP contribution in [0.25, 0.3) is 11.4 Å². The average molecular weight is 421 g/mol. The summed E-state index contributed by atoms with van der Waals surface area (Å²) in [5, 5.41) is 6.87. The molecular weight excluding hydrogens is 394 g/mol. The molecule has 7 heteroatoms. The summed E-state index contributed by atoms with van der Waals surface area (Å²) in [6, 6.07) is 13.6. The van der Waals surface area contributed by atoms with Crippen LogP contribution in [0.15, 0.2) is 53.1 Å². The number of rotatable bonds is 7. The number of hydrogen-bond acceptors (Lipinski definition) is 6. The maximum absolute atomic E-state index is 12.7. The first kappa shape index (κ1) is 22.2. The van der Waals surface area contributed by atoms with Gasteiger partial charge in [-0.15, -0.1) is 0 Å². The van der Waals surface area contributed by atoms with Crippen molar-refractivity contribution in [1.82, 2.24) is 10.1 Å². The molecule has 0 radical (unpaired) electrons. The molecule has 1 heterocycles. The summed E-state index contributed by atoms with van der Waals surface area (Å²) in [5.41, 5.74) is 2.22. The fourth-order valence-electron chi connectivity index (χ4n) is 2.87. The molecule has 7 nitrogen and oxygen atoms in total. The molecule has 0 saturated carbocycles. The number of nitrogens with one attached hydrogen (secondary N) is 1. The lowest BCUT2D eigenvalue weighted by atomic mass is 9.92. The molecule has 31 heavy (non-hydrogen) atoms. The van der Waals surface area contributed by atoms with E-state index in [4.69, 9.17) is 9.26 Å². The van der Waals surface area contributed by atoms with Crippen molar-refractivity contribution in [3.05, 3.63) is 65.5 Å². The van der Waals surface area contributed by atoms with Crippen LogP contribution >= 0.6 is 0 Å². The number of carbonyl (C=O) groups is 2. The Morgan fingerprint density at radius 1 is 1.06 bits per heavy atom. The maximum atomic E-state index is 12.7. The van der Waals surface area contributed by atoms with Crippen molar-refractivity contribution in [2.75, 3.05) is 11.9 Å². The van der Waals surface area contributed by atoms with Gasteiger partial charge >= 0.3 is 5.97 Å². The van der Waals surface area contributed by atoms with Crippen molar-refractivity contribution < 1.29 is 18.8 Å². The second-order valence-corrected chi connectivity index (χ2v) is 8.50. The van der Waals surface area contributed by atoms with Gasteiger partial charge in [0.2, 0.25) is 11.7 Å². The molecule has 0 bridgehead atoms. The summed E-state index contributed by atoms with van der Waals surface area (Å²) in [4.78, 5) is 29.0. The minimum Gasteiger partial charge on any atom is -0.462 e. The molecule has 0 aliphatic rings. The zero-order valence-corrected chi connectivity index (χ0v) is 18.3. The van der Waals surface area contributed by atoms with Gasteiger partial charge in [0.05, 0.1) is 12.2 Å². The fraction of sp³-hybridized carbons (Fsp3) is 0.333. The van der Waals surface area contributed by atoms with Crippen molar-refractivity contribution in [2.45, 2.75) is 40.5 Å². The molecule has 0 aliphatic heterocycles. The van der Waals surface area contributed by atoms with Gasteiger partial charge in [0, 0.05) is 23.2 Å². The molecule has 1 aromatic heterocycles. The van der Waals surface area contributed by atoms with Gasteiger partial charge in [0.15, 0.2) is 0 Å². The van der Waals surface area contributed by atoms with Crippen LogP contribution in [0.5, 0.6) is 0 Å². The summed E-state index contributed by atoms with van der Waals surface area (Å²) in [6.07, 6.45) is 1.43. The van der Waals surface area contributed by atoms with E-state index in [1.165, 1.54) is 0 Å². The monoisotopic (exact) mass is 421 g/mol. The van der Waals surface area contributed by atoms with E-state index in [2.05, 4.69) is 36.2 Å². The highest BCUT2D eigenvalue weighted by Gasteiger charge is 2.18. The number of benzene rings is 2. The normalized spacial score (nSPS) is 11.2. The SMILES string of the molecule is CCCOC(=O)c1ccc(NC(=O)c2cccc(-c3noc(CC(C)(C)C)n3)c2)cc1. The predicted molar refractivity (Wildman–Crippen MR) is 118 cm³/mol. The molecule has 0 atom stereocenters. The van der Waals surface area contributed by atoms with Crippen molar-refractivity contribution in [2.24, 2.45) is 5.41 Å². The minimum atomic E-state index is -0.377. The number of nitrogens with zero attached hydrogens (tertiary/aromatic N) is 2. The Hall–Kier alpha value is -3.48. The first-order chi connectivity index (χ1) is 14.7. The third-order valence-corrected chi connectivity index (χ3v) is 4.35. The van der Waals surface area contributed by atoms with Crippen LogP contribution in [0.1, 0.15) is 60.7 Å². The highest BCUT2D eigenvalue weighted by atomic mass is 16.5. The molecule has 0 unspecified atom stereocenters. The average Bonchev–Trinajstić information content (AvgIpc) is 3.19. The molecule has 0 fully saturated rings. The lowest BCUT2D eigenvalue weighted by molar-refractivity contribution is 0.0505. The minimum absolute atomic E-state index is 0.0355. The molecule has 1 amide bonds. The maximum Gasteiger partial charge on any atom is 0.338 e. The first-order valence-electron chi connectivity index (χ1n) is 10.3. The van der Waals surface area contributed by atoms with Crippen LogP contribution in [0, 0.1) is 5.41 Å². The third kappa shape index (κ3) is 6.25. The summed E-state index contributed by atoms with van der Waals surface area (Å²) >= 11 is 0. The van der Waals surface area contributed by atoms with Crippen LogP contribution in [-0.2, 0) is 11.2 Å². The second-order valence-electron chi connectivity index (χ2n) is 8.50. The predicted octanol–water partition coefficient (Wildman–Crippen LogP) is 5.14. The number of hydrogen-bond donors (Lipinski definition) is 1. The highest BCUT2D eigenvalue weighted by molar-refractivity contribution is 6.05. The summed E-state index contributed by atoms with van der Waals surface area (Å²) in [5.74, 6) is 0.360. The van der Waals surface area contributed by atoms with E-state index in [0.29, 0.717) is 47.1 Å². The summed E-state index contributed by atoms with van der Waals surface area (Å²) in [7, 11) is 0. The van der Waals surface area contributed by atoms with Gasteiger partial charge in [-0.2, -0.15) is 4.98 Å². The summed E-state index contributed by atoms with van der Waals surface area (Å²) in [6.45, 7) is 8.61.